The minimum Gasteiger partial charge on any atom is -0.435 e. The van der Waals surface area contributed by atoms with Crippen molar-refractivity contribution in [3.05, 3.63) is 12.8 Å². The van der Waals surface area contributed by atoms with E-state index in [0.29, 0.717) is 0 Å². The van der Waals surface area contributed by atoms with E-state index in [1.165, 1.54) is 6.26 Å². The SMILES string of the molecule is C=COC(=O)C1(C)CCC1. The molecule has 0 aromatic heterocycles. The summed E-state index contributed by atoms with van der Waals surface area (Å²) in [5, 5.41) is 0. The van der Waals surface area contributed by atoms with Crippen molar-refractivity contribution in [2.75, 3.05) is 0 Å². The van der Waals surface area contributed by atoms with Crippen LogP contribution < -0.4 is 0 Å². The zero-order valence-corrected chi connectivity index (χ0v) is 6.22. The van der Waals surface area contributed by atoms with Crippen LogP contribution in [0.5, 0.6) is 0 Å². The van der Waals surface area contributed by atoms with Crippen molar-refractivity contribution in [1.29, 1.82) is 0 Å². The summed E-state index contributed by atoms with van der Waals surface area (Å²) in [5.74, 6) is -0.131. The van der Waals surface area contributed by atoms with E-state index in [0.717, 1.165) is 19.3 Å². The number of carbonyl (C=O) groups excluding carboxylic acids is 1. The Kier molecular flexibility index (Phi) is 1.79. The third-order valence-electron chi connectivity index (χ3n) is 2.14. The lowest BCUT2D eigenvalue weighted by Gasteiger charge is -2.34. The molecule has 0 aromatic carbocycles. The first-order chi connectivity index (χ1) is 4.69. The molecule has 0 N–H and O–H groups in total. The Bertz CT molecular complexity index is 157. The van der Waals surface area contributed by atoms with Crippen LogP contribution in [0.3, 0.4) is 0 Å². The van der Waals surface area contributed by atoms with Gasteiger partial charge in [0.1, 0.15) is 0 Å². The second kappa shape index (κ2) is 2.45. The van der Waals surface area contributed by atoms with Gasteiger partial charge in [-0.25, -0.2) is 0 Å². The lowest BCUT2D eigenvalue weighted by molar-refractivity contribution is -0.153. The van der Waals surface area contributed by atoms with Crippen LogP contribution in [0.4, 0.5) is 0 Å². The molecule has 0 heterocycles. The van der Waals surface area contributed by atoms with E-state index < -0.39 is 0 Å². The predicted molar refractivity (Wildman–Crippen MR) is 38.2 cm³/mol. The minimum absolute atomic E-state index is 0.131. The highest BCUT2D eigenvalue weighted by molar-refractivity contribution is 5.77. The van der Waals surface area contributed by atoms with Gasteiger partial charge in [-0.2, -0.15) is 0 Å². The average molecular weight is 140 g/mol. The zero-order chi connectivity index (χ0) is 7.61. The molecule has 0 atom stereocenters. The van der Waals surface area contributed by atoms with Gasteiger partial charge in [0, 0.05) is 0 Å². The molecule has 0 spiro atoms. The van der Waals surface area contributed by atoms with Crippen molar-refractivity contribution >= 4 is 5.97 Å². The van der Waals surface area contributed by atoms with Gasteiger partial charge < -0.3 is 4.74 Å². The van der Waals surface area contributed by atoms with Crippen LogP contribution in [0, 0.1) is 5.41 Å². The normalized spacial score (nSPS) is 20.9. The zero-order valence-electron chi connectivity index (χ0n) is 6.22. The van der Waals surface area contributed by atoms with Crippen molar-refractivity contribution in [3.8, 4) is 0 Å². The highest BCUT2D eigenvalue weighted by Crippen LogP contribution is 2.41. The molecule has 10 heavy (non-hydrogen) atoms. The molecular weight excluding hydrogens is 128 g/mol. The maximum absolute atomic E-state index is 11.1. The smallest absolute Gasteiger partial charge is 0.316 e. The first kappa shape index (κ1) is 7.32. The second-order valence-corrected chi connectivity index (χ2v) is 2.99. The van der Waals surface area contributed by atoms with E-state index in [-0.39, 0.29) is 11.4 Å². The standard InChI is InChI=1S/C8H12O2/c1-3-10-7(9)8(2)5-4-6-8/h3H,1,4-6H2,2H3. The Morgan fingerprint density at radius 2 is 2.30 bits per heavy atom. The van der Waals surface area contributed by atoms with Crippen LogP contribution in [-0.2, 0) is 9.53 Å². The Balaban J connectivity index is 2.46. The third kappa shape index (κ3) is 1.06. The van der Waals surface area contributed by atoms with Crippen LogP contribution in [0.15, 0.2) is 12.8 Å². The van der Waals surface area contributed by atoms with E-state index in [1.54, 1.807) is 0 Å². The quantitative estimate of drug-likeness (QED) is 0.432. The van der Waals surface area contributed by atoms with Crippen LogP contribution in [0.1, 0.15) is 26.2 Å². The molecule has 56 valence electrons. The van der Waals surface area contributed by atoms with Gasteiger partial charge in [-0.05, 0) is 19.8 Å². The lowest BCUT2D eigenvalue weighted by atomic mass is 9.70. The van der Waals surface area contributed by atoms with Gasteiger partial charge in [-0.3, -0.25) is 4.79 Å². The minimum atomic E-state index is -0.200. The molecule has 1 aliphatic rings. The molecule has 0 aliphatic heterocycles. The Morgan fingerprint density at radius 3 is 2.60 bits per heavy atom. The lowest BCUT2D eigenvalue weighted by Crippen LogP contribution is -2.35. The summed E-state index contributed by atoms with van der Waals surface area (Å²) < 4.78 is 4.67. The molecule has 2 heteroatoms. The largest absolute Gasteiger partial charge is 0.435 e. The van der Waals surface area contributed by atoms with Crippen LogP contribution in [-0.4, -0.2) is 5.97 Å². The van der Waals surface area contributed by atoms with Crippen molar-refractivity contribution in [2.45, 2.75) is 26.2 Å². The number of hydrogen-bond donors (Lipinski definition) is 0. The molecule has 1 fully saturated rings. The predicted octanol–water partition coefficient (Wildman–Crippen LogP) is 1.86. The number of hydrogen-bond acceptors (Lipinski definition) is 2. The highest BCUT2D eigenvalue weighted by atomic mass is 16.5. The van der Waals surface area contributed by atoms with Gasteiger partial charge in [0.15, 0.2) is 0 Å². The van der Waals surface area contributed by atoms with Crippen LogP contribution in [0.2, 0.25) is 0 Å². The Hall–Kier alpha value is -0.790. The fourth-order valence-corrected chi connectivity index (χ4v) is 1.13. The van der Waals surface area contributed by atoms with Gasteiger partial charge in [0.05, 0.1) is 11.7 Å². The summed E-state index contributed by atoms with van der Waals surface area (Å²) in [7, 11) is 0. The monoisotopic (exact) mass is 140 g/mol. The molecule has 0 saturated heterocycles. The van der Waals surface area contributed by atoms with E-state index in [9.17, 15) is 4.79 Å². The fraction of sp³-hybridized carbons (Fsp3) is 0.625. The maximum Gasteiger partial charge on any atom is 0.316 e. The second-order valence-electron chi connectivity index (χ2n) is 2.99. The molecule has 0 aromatic rings. The molecule has 1 aliphatic carbocycles. The summed E-state index contributed by atoms with van der Waals surface area (Å²) in [5.41, 5.74) is -0.200. The van der Waals surface area contributed by atoms with Gasteiger partial charge in [0.2, 0.25) is 0 Å². The summed E-state index contributed by atoms with van der Waals surface area (Å²) in [6.07, 6.45) is 4.26. The highest BCUT2D eigenvalue weighted by Gasteiger charge is 2.40. The number of esters is 1. The first-order valence-corrected chi connectivity index (χ1v) is 3.51. The van der Waals surface area contributed by atoms with E-state index in [1.807, 2.05) is 6.92 Å². The van der Waals surface area contributed by atoms with Crippen molar-refractivity contribution in [3.63, 3.8) is 0 Å². The van der Waals surface area contributed by atoms with Gasteiger partial charge in [0.25, 0.3) is 0 Å². The van der Waals surface area contributed by atoms with Crippen molar-refractivity contribution < 1.29 is 9.53 Å². The van der Waals surface area contributed by atoms with Crippen LogP contribution in [0.25, 0.3) is 0 Å². The summed E-state index contributed by atoms with van der Waals surface area (Å²) in [6.45, 7) is 5.26. The van der Waals surface area contributed by atoms with Gasteiger partial charge in [-0.15, -0.1) is 0 Å². The fourth-order valence-electron chi connectivity index (χ4n) is 1.13. The van der Waals surface area contributed by atoms with Crippen molar-refractivity contribution in [1.82, 2.24) is 0 Å². The van der Waals surface area contributed by atoms with Gasteiger partial charge >= 0.3 is 5.97 Å². The van der Waals surface area contributed by atoms with E-state index in [4.69, 9.17) is 0 Å². The first-order valence-electron chi connectivity index (χ1n) is 3.51. The molecule has 1 saturated carbocycles. The van der Waals surface area contributed by atoms with Crippen molar-refractivity contribution in [2.24, 2.45) is 5.41 Å². The number of ether oxygens (including phenoxy) is 1. The molecule has 1 rings (SSSR count). The number of carbonyl (C=O) groups is 1. The summed E-state index contributed by atoms with van der Waals surface area (Å²) in [6, 6.07) is 0. The topological polar surface area (TPSA) is 26.3 Å². The van der Waals surface area contributed by atoms with E-state index in [2.05, 4.69) is 11.3 Å². The average Bonchev–Trinajstić information content (AvgIpc) is 1.83. The molecule has 2 nitrogen and oxygen atoms in total. The molecule has 0 bridgehead atoms. The Morgan fingerprint density at radius 1 is 1.70 bits per heavy atom. The van der Waals surface area contributed by atoms with Crippen LogP contribution >= 0.6 is 0 Å². The summed E-state index contributed by atoms with van der Waals surface area (Å²) >= 11 is 0. The summed E-state index contributed by atoms with van der Waals surface area (Å²) in [4.78, 5) is 11.1. The maximum atomic E-state index is 11.1. The third-order valence-corrected chi connectivity index (χ3v) is 2.14. The number of rotatable bonds is 2. The molecule has 0 amide bonds. The molecular formula is C8H12O2. The Labute approximate surface area is 60.9 Å². The van der Waals surface area contributed by atoms with E-state index >= 15 is 0 Å². The molecule has 0 unspecified atom stereocenters. The van der Waals surface area contributed by atoms with Gasteiger partial charge in [-0.1, -0.05) is 13.0 Å². The molecule has 0 radical (unpaired) electrons.